The highest BCUT2D eigenvalue weighted by molar-refractivity contribution is 5.87. The van der Waals surface area contributed by atoms with Crippen LogP contribution in [0, 0.1) is 5.92 Å². The number of amides is 1. The molecule has 19 heavy (non-hydrogen) atoms. The van der Waals surface area contributed by atoms with Gasteiger partial charge in [0.25, 0.3) is 0 Å². The van der Waals surface area contributed by atoms with Crippen LogP contribution in [0.1, 0.15) is 26.7 Å². The number of hydrogen-bond acceptors (Lipinski definition) is 5. The van der Waals surface area contributed by atoms with E-state index in [2.05, 4.69) is 10.1 Å². The van der Waals surface area contributed by atoms with E-state index in [-0.39, 0.29) is 12.3 Å². The van der Waals surface area contributed by atoms with Gasteiger partial charge in [0.15, 0.2) is 6.10 Å². The van der Waals surface area contributed by atoms with Crippen LogP contribution >= 0.6 is 0 Å². The van der Waals surface area contributed by atoms with Gasteiger partial charge < -0.3 is 19.9 Å². The maximum atomic E-state index is 11.9. The molecule has 1 fully saturated rings. The minimum atomic E-state index is -1.08. The number of ether oxygens (including phenoxy) is 2. The second-order valence-corrected chi connectivity index (χ2v) is 4.78. The molecule has 0 saturated carbocycles. The summed E-state index contributed by atoms with van der Waals surface area (Å²) in [5.41, 5.74) is 0. The molecule has 7 nitrogen and oxygen atoms in total. The van der Waals surface area contributed by atoms with Crippen LogP contribution in [0.25, 0.3) is 0 Å². The van der Waals surface area contributed by atoms with Crippen molar-refractivity contribution in [1.82, 2.24) is 5.32 Å². The molecule has 0 radical (unpaired) electrons. The predicted molar refractivity (Wildman–Crippen MR) is 64.3 cm³/mol. The second-order valence-electron chi connectivity index (χ2n) is 4.78. The quantitative estimate of drug-likeness (QED) is 0.680. The number of hydrogen-bond donors (Lipinski definition) is 2. The van der Waals surface area contributed by atoms with Crippen LogP contribution in [0.5, 0.6) is 0 Å². The summed E-state index contributed by atoms with van der Waals surface area (Å²) in [5, 5.41) is 11.3. The molecule has 0 spiro atoms. The number of methoxy groups -OCH3 is 1. The Morgan fingerprint density at radius 3 is 2.26 bits per heavy atom. The fraction of sp³-hybridized carbons (Fsp3) is 0.750. The first-order valence-electron chi connectivity index (χ1n) is 6.13. The molecule has 0 aliphatic carbocycles. The minimum Gasteiger partial charge on any atom is -0.479 e. The number of carbonyl (C=O) groups is 3. The lowest BCUT2D eigenvalue weighted by atomic mass is 10.0. The molecule has 1 rings (SSSR count). The van der Waals surface area contributed by atoms with Crippen LogP contribution in [0.4, 0.5) is 0 Å². The van der Waals surface area contributed by atoms with E-state index in [9.17, 15) is 14.4 Å². The zero-order valence-electron chi connectivity index (χ0n) is 11.2. The van der Waals surface area contributed by atoms with Gasteiger partial charge in [-0.25, -0.2) is 9.59 Å². The van der Waals surface area contributed by atoms with Crippen LogP contribution < -0.4 is 5.32 Å². The molecule has 0 aromatic heterocycles. The number of rotatable bonds is 5. The molecular weight excluding hydrogens is 254 g/mol. The number of esters is 1. The highest BCUT2D eigenvalue weighted by atomic mass is 16.5. The third-order valence-corrected chi connectivity index (χ3v) is 3.01. The molecule has 1 saturated heterocycles. The van der Waals surface area contributed by atoms with Gasteiger partial charge in [0, 0.05) is 0 Å². The fourth-order valence-corrected chi connectivity index (χ4v) is 1.88. The molecule has 0 bridgehead atoms. The maximum absolute atomic E-state index is 11.9. The first-order valence-corrected chi connectivity index (χ1v) is 6.13. The molecule has 0 aromatic rings. The van der Waals surface area contributed by atoms with E-state index in [0.717, 1.165) is 0 Å². The van der Waals surface area contributed by atoms with Gasteiger partial charge >= 0.3 is 11.9 Å². The van der Waals surface area contributed by atoms with E-state index >= 15 is 0 Å². The first kappa shape index (κ1) is 15.4. The average molecular weight is 273 g/mol. The molecule has 7 heteroatoms. The number of carboxylic acids is 1. The van der Waals surface area contributed by atoms with E-state index in [1.807, 2.05) is 0 Å². The van der Waals surface area contributed by atoms with Gasteiger partial charge in [-0.05, 0) is 18.8 Å². The lowest BCUT2D eigenvalue weighted by Gasteiger charge is -2.21. The summed E-state index contributed by atoms with van der Waals surface area (Å²) in [6.45, 7) is 3.55. The zero-order valence-corrected chi connectivity index (χ0v) is 11.2. The molecule has 1 aliphatic rings. The number of nitrogens with one attached hydrogen (secondary N) is 1. The van der Waals surface area contributed by atoms with Gasteiger partial charge in [0.1, 0.15) is 12.1 Å². The fourth-order valence-electron chi connectivity index (χ4n) is 1.88. The summed E-state index contributed by atoms with van der Waals surface area (Å²) >= 11 is 0. The molecule has 3 unspecified atom stereocenters. The van der Waals surface area contributed by atoms with E-state index in [1.165, 1.54) is 7.11 Å². The van der Waals surface area contributed by atoms with Crippen LogP contribution in [0.15, 0.2) is 0 Å². The van der Waals surface area contributed by atoms with E-state index in [0.29, 0.717) is 6.42 Å². The SMILES string of the molecule is COC(=O)C(NC(=O)C1CCC(C(=O)O)O1)C(C)C. The van der Waals surface area contributed by atoms with Crippen molar-refractivity contribution in [2.24, 2.45) is 5.92 Å². The molecular formula is C12H19NO6. The Kier molecular flexibility index (Phi) is 5.29. The summed E-state index contributed by atoms with van der Waals surface area (Å²) in [5.74, 6) is -2.22. The Morgan fingerprint density at radius 2 is 1.84 bits per heavy atom. The van der Waals surface area contributed by atoms with Crippen LogP contribution in [-0.4, -0.2) is 48.3 Å². The number of carbonyl (C=O) groups excluding carboxylic acids is 2. The van der Waals surface area contributed by atoms with Crippen molar-refractivity contribution >= 4 is 17.8 Å². The molecule has 0 aromatic carbocycles. The van der Waals surface area contributed by atoms with Crippen molar-refractivity contribution in [3.63, 3.8) is 0 Å². The average Bonchev–Trinajstić information content (AvgIpc) is 2.84. The third kappa shape index (κ3) is 3.92. The van der Waals surface area contributed by atoms with Gasteiger partial charge in [-0.3, -0.25) is 4.79 Å². The van der Waals surface area contributed by atoms with E-state index in [4.69, 9.17) is 9.84 Å². The minimum absolute atomic E-state index is 0.131. The van der Waals surface area contributed by atoms with Crippen LogP contribution in [0.3, 0.4) is 0 Å². The standard InChI is InChI=1S/C12H19NO6/c1-6(2)9(12(17)18-3)13-10(14)7-4-5-8(19-7)11(15)16/h6-9H,4-5H2,1-3H3,(H,13,14)(H,15,16). The van der Waals surface area contributed by atoms with Crippen molar-refractivity contribution in [2.75, 3.05) is 7.11 Å². The summed E-state index contributed by atoms with van der Waals surface area (Å²) in [4.78, 5) is 34.1. The Morgan fingerprint density at radius 1 is 1.26 bits per heavy atom. The number of carboxylic acid groups (broad SMARTS) is 1. The normalized spacial score (nSPS) is 24.0. The molecule has 3 atom stereocenters. The largest absolute Gasteiger partial charge is 0.479 e. The predicted octanol–water partition coefficient (Wildman–Crippen LogP) is -0.0676. The first-order chi connectivity index (χ1) is 8.86. The highest BCUT2D eigenvalue weighted by Gasteiger charge is 2.36. The number of aliphatic carboxylic acids is 1. The van der Waals surface area contributed by atoms with Crippen LogP contribution in [-0.2, 0) is 23.9 Å². The molecule has 1 heterocycles. The summed E-state index contributed by atoms with van der Waals surface area (Å²) in [6, 6.07) is -0.759. The summed E-state index contributed by atoms with van der Waals surface area (Å²) < 4.78 is 9.72. The van der Waals surface area contributed by atoms with Gasteiger partial charge in [-0.15, -0.1) is 0 Å². The van der Waals surface area contributed by atoms with Crippen molar-refractivity contribution in [1.29, 1.82) is 0 Å². The molecule has 2 N–H and O–H groups in total. The molecule has 1 amide bonds. The Hall–Kier alpha value is -1.63. The van der Waals surface area contributed by atoms with E-state index < -0.39 is 36.1 Å². The van der Waals surface area contributed by atoms with Crippen molar-refractivity contribution in [2.45, 2.75) is 44.9 Å². The third-order valence-electron chi connectivity index (χ3n) is 3.01. The van der Waals surface area contributed by atoms with Gasteiger partial charge in [0.2, 0.25) is 5.91 Å². The Bertz CT molecular complexity index is 367. The Labute approximate surface area is 111 Å². The summed E-state index contributed by atoms with van der Waals surface area (Å²) in [7, 11) is 1.25. The molecule has 108 valence electrons. The Balaban J connectivity index is 2.59. The maximum Gasteiger partial charge on any atom is 0.332 e. The van der Waals surface area contributed by atoms with Crippen molar-refractivity contribution in [3.05, 3.63) is 0 Å². The van der Waals surface area contributed by atoms with Crippen molar-refractivity contribution in [3.8, 4) is 0 Å². The topological polar surface area (TPSA) is 102 Å². The lowest BCUT2D eigenvalue weighted by Crippen LogP contribution is -2.48. The monoisotopic (exact) mass is 273 g/mol. The summed E-state index contributed by atoms with van der Waals surface area (Å²) in [6.07, 6.45) is -1.16. The second kappa shape index (κ2) is 6.51. The van der Waals surface area contributed by atoms with Crippen molar-refractivity contribution < 1.29 is 29.0 Å². The lowest BCUT2D eigenvalue weighted by molar-refractivity contribution is -0.154. The van der Waals surface area contributed by atoms with Gasteiger partial charge in [0.05, 0.1) is 7.11 Å². The molecule has 1 aliphatic heterocycles. The van der Waals surface area contributed by atoms with Crippen LogP contribution in [0.2, 0.25) is 0 Å². The smallest absolute Gasteiger partial charge is 0.332 e. The van der Waals surface area contributed by atoms with E-state index in [1.54, 1.807) is 13.8 Å². The van der Waals surface area contributed by atoms with Gasteiger partial charge in [-0.2, -0.15) is 0 Å². The highest BCUT2D eigenvalue weighted by Crippen LogP contribution is 2.20. The van der Waals surface area contributed by atoms with Gasteiger partial charge in [-0.1, -0.05) is 13.8 Å². The zero-order chi connectivity index (χ0) is 14.6.